The van der Waals surface area contributed by atoms with Crippen molar-refractivity contribution >= 4 is 11.9 Å². The molecule has 108 valence electrons. The number of carbonyl (C=O) groups excluding carboxylic acids is 2. The molecule has 0 aliphatic carbocycles. The van der Waals surface area contributed by atoms with Gasteiger partial charge in [-0.2, -0.15) is 0 Å². The summed E-state index contributed by atoms with van der Waals surface area (Å²) in [5, 5.41) is 5.91. The zero-order valence-corrected chi connectivity index (χ0v) is 11.5. The highest BCUT2D eigenvalue weighted by Gasteiger charge is 2.34. The van der Waals surface area contributed by atoms with Crippen LogP contribution in [0.25, 0.3) is 0 Å². The molecule has 4 N–H and O–H groups in total. The normalized spacial score (nSPS) is 31.2. The Kier molecular flexibility index (Phi) is 4.63. The summed E-state index contributed by atoms with van der Waals surface area (Å²) in [5.74, 6) is 1.12. The molecule has 3 atom stereocenters. The second-order valence-corrected chi connectivity index (χ2v) is 5.78. The lowest BCUT2D eigenvalue weighted by atomic mass is 9.93. The van der Waals surface area contributed by atoms with Crippen molar-refractivity contribution in [1.82, 2.24) is 15.5 Å². The summed E-state index contributed by atoms with van der Waals surface area (Å²) < 4.78 is 0. The molecule has 2 aliphatic rings. The highest BCUT2D eigenvalue weighted by molar-refractivity contribution is 5.80. The average Bonchev–Trinajstić information content (AvgIpc) is 2.82. The number of hydrogen-bond acceptors (Lipinski definition) is 3. The molecule has 2 fully saturated rings. The molecule has 2 heterocycles. The predicted molar refractivity (Wildman–Crippen MR) is 72.4 cm³/mol. The maximum atomic E-state index is 12.5. The molecule has 6 heteroatoms. The van der Waals surface area contributed by atoms with E-state index in [4.69, 9.17) is 5.73 Å². The Labute approximate surface area is 114 Å². The van der Waals surface area contributed by atoms with Crippen LogP contribution in [0.5, 0.6) is 0 Å². The minimum absolute atomic E-state index is 0.114. The Balaban J connectivity index is 1.86. The van der Waals surface area contributed by atoms with Crippen LogP contribution in [0.1, 0.15) is 19.8 Å². The number of nitrogens with zero attached hydrogens (tertiary/aromatic N) is 1. The Hall–Kier alpha value is -1.30. The molecule has 2 saturated heterocycles. The number of amides is 3. The second-order valence-electron chi connectivity index (χ2n) is 5.78. The zero-order chi connectivity index (χ0) is 13.8. The Morgan fingerprint density at radius 1 is 1.42 bits per heavy atom. The topological polar surface area (TPSA) is 87.5 Å². The van der Waals surface area contributed by atoms with E-state index in [-0.39, 0.29) is 11.8 Å². The Morgan fingerprint density at radius 3 is 2.84 bits per heavy atom. The van der Waals surface area contributed by atoms with Crippen molar-refractivity contribution in [2.24, 2.45) is 23.5 Å². The van der Waals surface area contributed by atoms with Gasteiger partial charge in [0.1, 0.15) is 0 Å². The molecule has 19 heavy (non-hydrogen) atoms. The van der Waals surface area contributed by atoms with Crippen LogP contribution in [0.4, 0.5) is 4.79 Å². The number of likely N-dealkylation sites (tertiary alicyclic amines) is 1. The predicted octanol–water partition coefficient (Wildman–Crippen LogP) is -0.251. The highest BCUT2D eigenvalue weighted by Crippen LogP contribution is 2.23. The number of primary amides is 1. The number of rotatable bonds is 3. The minimum Gasteiger partial charge on any atom is -0.352 e. The number of hydrogen-bond donors (Lipinski definition) is 3. The molecule has 0 aromatic heterocycles. The van der Waals surface area contributed by atoms with Crippen molar-refractivity contribution in [2.45, 2.75) is 19.8 Å². The fourth-order valence-electron chi connectivity index (χ4n) is 3.05. The standard InChI is InChI=1S/C13H24N4O2/c1-9-5-15-7-11(9)12(18)17-4-2-3-10(8-17)6-16-13(14)19/h9-11,15H,2-8H2,1H3,(H3,14,16,19)/t9-,10?,11-/m1/s1. The highest BCUT2D eigenvalue weighted by atomic mass is 16.2. The fourth-order valence-corrected chi connectivity index (χ4v) is 3.05. The van der Waals surface area contributed by atoms with Gasteiger partial charge in [0.2, 0.25) is 5.91 Å². The summed E-state index contributed by atoms with van der Waals surface area (Å²) >= 11 is 0. The molecule has 0 saturated carbocycles. The zero-order valence-electron chi connectivity index (χ0n) is 11.5. The van der Waals surface area contributed by atoms with E-state index in [0.29, 0.717) is 18.4 Å². The van der Waals surface area contributed by atoms with E-state index in [1.165, 1.54) is 0 Å². The van der Waals surface area contributed by atoms with Crippen LogP contribution in [0.15, 0.2) is 0 Å². The molecule has 3 amide bonds. The van der Waals surface area contributed by atoms with Crippen molar-refractivity contribution in [3.8, 4) is 0 Å². The van der Waals surface area contributed by atoms with E-state index in [1.807, 2.05) is 4.90 Å². The van der Waals surface area contributed by atoms with Gasteiger partial charge < -0.3 is 21.3 Å². The van der Waals surface area contributed by atoms with Gasteiger partial charge in [-0.05, 0) is 31.2 Å². The molecule has 0 aromatic rings. The lowest BCUT2D eigenvalue weighted by Gasteiger charge is -2.35. The van der Waals surface area contributed by atoms with Crippen molar-refractivity contribution in [3.05, 3.63) is 0 Å². The van der Waals surface area contributed by atoms with Gasteiger partial charge >= 0.3 is 6.03 Å². The molecular weight excluding hydrogens is 244 g/mol. The van der Waals surface area contributed by atoms with Crippen LogP contribution < -0.4 is 16.4 Å². The van der Waals surface area contributed by atoms with Crippen molar-refractivity contribution < 1.29 is 9.59 Å². The smallest absolute Gasteiger partial charge is 0.312 e. The number of nitrogens with two attached hydrogens (primary N) is 1. The third-order valence-corrected chi connectivity index (χ3v) is 4.23. The largest absolute Gasteiger partial charge is 0.352 e. The summed E-state index contributed by atoms with van der Waals surface area (Å²) in [6, 6.07) is -0.489. The minimum atomic E-state index is -0.489. The first-order valence-electron chi connectivity index (χ1n) is 7.10. The van der Waals surface area contributed by atoms with Crippen LogP contribution in [-0.2, 0) is 4.79 Å². The molecule has 6 nitrogen and oxygen atoms in total. The third-order valence-electron chi connectivity index (χ3n) is 4.23. The molecule has 0 bridgehead atoms. The van der Waals surface area contributed by atoms with Gasteiger partial charge in [0.15, 0.2) is 0 Å². The van der Waals surface area contributed by atoms with E-state index in [2.05, 4.69) is 17.6 Å². The fraction of sp³-hybridized carbons (Fsp3) is 0.846. The first-order valence-corrected chi connectivity index (χ1v) is 7.10. The first kappa shape index (κ1) is 14.1. The maximum Gasteiger partial charge on any atom is 0.312 e. The van der Waals surface area contributed by atoms with Crippen molar-refractivity contribution in [1.29, 1.82) is 0 Å². The molecule has 0 radical (unpaired) electrons. The summed E-state index contributed by atoms with van der Waals surface area (Å²) in [7, 11) is 0. The Bertz CT molecular complexity index is 348. The van der Waals surface area contributed by atoms with Crippen LogP contribution in [0, 0.1) is 17.8 Å². The van der Waals surface area contributed by atoms with E-state index in [9.17, 15) is 9.59 Å². The van der Waals surface area contributed by atoms with Gasteiger partial charge in [-0.1, -0.05) is 6.92 Å². The maximum absolute atomic E-state index is 12.5. The molecular formula is C13H24N4O2. The van der Waals surface area contributed by atoms with E-state index in [1.54, 1.807) is 0 Å². The molecule has 2 aliphatic heterocycles. The van der Waals surface area contributed by atoms with Crippen molar-refractivity contribution in [3.63, 3.8) is 0 Å². The van der Waals surface area contributed by atoms with Gasteiger partial charge in [0.25, 0.3) is 0 Å². The molecule has 1 unspecified atom stereocenters. The lowest BCUT2D eigenvalue weighted by Crippen LogP contribution is -2.47. The SMILES string of the molecule is C[C@@H]1CNC[C@H]1C(=O)N1CCCC(CNC(N)=O)C1. The number of carbonyl (C=O) groups is 2. The molecule has 0 aromatic carbocycles. The number of nitrogens with one attached hydrogen (secondary N) is 2. The van der Waals surface area contributed by atoms with Gasteiger partial charge in [-0.3, -0.25) is 4.79 Å². The summed E-state index contributed by atoms with van der Waals surface area (Å²) in [5.41, 5.74) is 5.08. The summed E-state index contributed by atoms with van der Waals surface area (Å²) in [4.78, 5) is 25.2. The third kappa shape index (κ3) is 3.59. The Morgan fingerprint density at radius 2 is 2.21 bits per heavy atom. The van der Waals surface area contributed by atoms with Crippen LogP contribution >= 0.6 is 0 Å². The monoisotopic (exact) mass is 268 g/mol. The second kappa shape index (κ2) is 6.23. The number of urea groups is 1. The van der Waals surface area contributed by atoms with E-state index < -0.39 is 6.03 Å². The van der Waals surface area contributed by atoms with E-state index >= 15 is 0 Å². The van der Waals surface area contributed by atoms with Gasteiger partial charge in [0.05, 0.1) is 5.92 Å². The van der Waals surface area contributed by atoms with Crippen LogP contribution in [0.2, 0.25) is 0 Å². The number of piperidine rings is 1. The summed E-state index contributed by atoms with van der Waals surface area (Å²) in [6.07, 6.45) is 2.05. The van der Waals surface area contributed by atoms with Gasteiger partial charge in [-0.25, -0.2) is 4.79 Å². The van der Waals surface area contributed by atoms with Crippen molar-refractivity contribution in [2.75, 3.05) is 32.7 Å². The average molecular weight is 268 g/mol. The van der Waals surface area contributed by atoms with Crippen LogP contribution in [0.3, 0.4) is 0 Å². The lowest BCUT2D eigenvalue weighted by molar-refractivity contribution is -0.137. The first-order chi connectivity index (χ1) is 9.08. The quantitative estimate of drug-likeness (QED) is 0.659. The van der Waals surface area contributed by atoms with Gasteiger partial charge in [-0.15, -0.1) is 0 Å². The van der Waals surface area contributed by atoms with Gasteiger partial charge in [0, 0.05) is 26.2 Å². The van der Waals surface area contributed by atoms with Crippen LogP contribution in [-0.4, -0.2) is 49.6 Å². The van der Waals surface area contributed by atoms with E-state index in [0.717, 1.165) is 39.0 Å². The molecule has 2 rings (SSSR count). The summed E-state index contributed by atoms with van der Waals surface area (Å²) in [6.45, 7) is 5.99. The molecule has 0 spiro atoms.